The van der Waals surface area contributed by atoms with Crippen molar-refractivity contribution in [2.75, 3.05) is 32.9 Å². The summed E-state index contributed by atoms with van der Waals surface area (Å²) in [5, 5.41) is 2.69. The third-order valence-electron chi connectivity index (χ3n) is 12.8. The number of nitrogens with zero attached hydrogens (tertiary/aromatic N) is 2. The standard InChI is InChI=1S/C56H66Cl3N3O13S/c1-8-36(9-2)61(53(67)70-32-43-41-28-20-18-26-39(41)40-27-19-21-29-42(40)43)30-45(63)73-48-44(33-69-50(65)35-22-14-12-15-23-35)72-51(76-38-24-16-13-17-25-38)47(60-52(66)71-34-56(57,58)59)49(48)74-46(64)31-62(37(10-3)11-4)54(68)75-55(5,6)7/h12-29,36-37,43-44,47-49,51H,8-11,30-34H2,1-7H3,(H,60,66)/t44-,47-,48-,49-,51+/m1/s1. The van der Waals surface area contributed by atoms with E-state index in [-0.39, 0.29) is 18.1 Å². The van der Waals surface area contributed by atoms with Crippen molar-refractivity contribution in [1.82, 2.24) is 15.1 Å². The van der Waals surface area contributed by atoms with E-state index >= 15 is 0 Å². The van der Waals surface area contributed by atoms with Crippen LogP contribution in [-0.2, 0) is 42.7 Å². The van der Waals surface area contributed by atoms with Crippen molar-refractivity contribution in [3.63, 3.8) is 0 Å². The SMILES string of the molecule is CCC(CC)N(CC(=O)O[C@H]1[C@H](OC(=O)CN(C(=O)OC(C)(C)C)C(CC)CC)[C@@H](NC(=O)OCC(Cl)(Cl)Cl)[C@H](Sc2ccccc2)O[C@@H]1COC(=O)c1ccccc1)C(=O)OCC1c2ccccc2-c2ccccc21. The van der Waals surface area contributed by atoms with Gasteiger partial charge in [-0.25, -0.2) is 19.2 Å². The van der Waals surface area contributed by atoms with Gasteiger partial charge >= 0.3 is 36.2 Å². The molecule has 4 aromatic rings. The van der Waals surface area contributed by atoms with Crippen molar-refractivity contribution in [2.45, 2.75) is 136 Å². The predicted octanol–water partition coefficient (Wildman–Crippen LogP) is 11.5. The number of thioether (sulfide) groups is 1. The van der Waals surface area contributed by atoms with E-state index in [1.54, 1.807) is 81.4 Å². The Hall–Kier alpha value is -5.72. The van der Waals surface area contributed by atoms with Gasteiger partial charge in [0.2, 0.25) is 3.79 Å². The summed E-state index contributed by atoms with van der Waals surface area (Å²) in [6.45, 7) is 9.95. The Bertz CT molecular complexity index is 2550. The van der Waals surface area contributed by atoms with Crippen molar-refractivity contribution in [3.05, 3.63) is 126 Å². The highest BCUT2D eigenvalue weighted by Gasteiger charge is 2.53. The molecule has 3 amide bonds. The van der Waals surface area contributed by atoms with Crippen LogP contribution in [0.25, 0.3) is 11.1 Å². The summed E-state index contributed by atoms with van der Waals surface area (Å²) in [6, 6.07) is 30.4. The number of nitrogens with one attached hydrogen (secondary N) is 1. The lowest BCUT2D eigenvalue weighted by Crippen LogP contribution is -2.66. The lowest BCUT2D eigenvalue weighted by atomic mass is 9.97. The number of carbonyl (C=O) groups is 6. The Labute approximate surface area is 463 Å². The number of benzene rings is 4. The van der Waals surface area contributed by atoms with E-state index in [4.69, 9.17) is 68.0 Å². The zero-order valence-corrected chi connectivity index (χ0v) is 46.7. The first-order valence-electron chi connectivity index (χ1n) is 25.3. The van der Waals surface area contributed by atoms with Crippen molar-refractivity contribution >= 4 is 82.8 Å². The average Bonchev–Trinajstić information content (AvgIpc) is 3.74. The maximum absolute atomic E-state index is 14.8. The Morgan fingerprint density at radius 1 is 0.632 bits per heavy atom. The summed E-state index contributed by atoms with van der Waals surface area (Å²) in [5.41, 5.74) is 2.14. The molecule has 6 rings (SSSR count). The fourth-order valence-corrected chi connectivity index (χ4v) is 10.5. The summed E-state index contributed by atoms with van der Waals surface area (Å²) in [4.78, 5) is 88.1. The van der Waals surface area contributed by atoms with E-state index in [1.165, 1.54) is 9.80 Å². The number of hydrogen-bond donors (Lipinski definition) is 1. The van der Waals surface area contributed by atoms with Gasteiger partial charge in [-0.3, -0.25) is 19.4 Å². The molecular formula is C56H66Cl3N3O13S. The number of amides is 3. The second-order valence-electron chi connectivity index (χ2n) is 19.2. The van der Waals surface area contributed by atoms with E-state index in [2.05, 4.69) is 5.32 Å². The fraction of sp³-hybridized carbons (Fsp3) is 0.464. The summed E-state index contributed by atoms with van der Waals surface area (Å²) in [5.74, 6) is -3.01. The van der Waals surface area contributed by atoms with Crippen LogP contribution >= 0.6 is 46.6 Å². The number of ether oxygens (including phenoxy) is 7. The molecule has 0 saturated carbocycles. The molecule has 76 heavy (non-hydrogen) atoms. The van der Waals surface area contributed by atoms with Gasteiger partial charge in [-0.05, 0) is 93.0 Å². The van der Waals surface area contributed by atoms with Gasteiger partial charge in [-0.2, -0.15) is 0 Å². The van der Waals surface area contributed by atoms with Crippen LogP contribution in [0.3, 0.4) is 0 Å². The van der Waals surface area contributed by atoms with Crippen molar-refractivity contribution < 1.29 is 61.9 Å². The highest BCUT2D eigenvalue weighted by molar-refractivity contribution is 7.99. The maximum Gasteiger partial charge on any atom is 0.411 e. The van der Waals surface area contributed by atoms with Crippen LogP contribution in [-0.4, -0.2) is 130 Å². The minimum atomic E-state index is -2.02. The molecule has 20 heteroatoms. The number of carbonyl (C=O) groups excluding carboxylic acids is 6. The molecule has 16 nitrogen and oxygen atoms in total. The van der Waals surface area contributed by atoms with E-state index < -0.39 is 114 Å². The Balaban J connectivity index is 1.39. The smallest absolute Gasteiger partial charge is 0.411 e. The lowest BCUT2D eigenvalue weighted by molar-refractivity contribution is -0.211. The second kappa shape index (κ2) is 27.5. The predicted molar refractivity (Wildman–Crippen MR) is 289 cm³/mol. The molecule has 1 aliphatic heterocycles. The molecule has 1 aliphatic carbocycles. The molecule has 1 heterocycles. The second-order valence-corrected chi connectivity index (χ2v) is 22.9. The molecule has 0 bridgehead atoms. The number of esters is 3. The van der Waals surface area contributed by atoms with E-state index in [9.17, 15) is 28.8 Å². The van der Waals surface area contributed by atoms with Crippen LogP contribution in [0.5, 0.6) is 0 Å². The molecular weight excluding hydrogens is 1060 g/mol. The van der Waals surface area contributed by atoms with Crippen LogP contribution in [0, 0.1) is 0 Å². The summed E-state index contributed by atoms with van der Waals surface area (Å²) >= 11 is 19.0. The first kappa shape index (κ1) is 59.5. The average molecular weight is 1130 g/mol. The quantitative estimate of drug-likeness (QED) is 0.0472. The molecule has 0 unspecified atom stereocenters. The molecule has 1 N–H and O–H groups in total. The van der Waals surface area contributed by atoms with Gasteiger partial charge in [0.05, 0.1) is 5.56 Å². The normalized spacial score (nSPS) is 18.2. The van der Waals surface area contributed by atoms with E-state index in [0.717, 1.165) is 34.0 Å². The number of rotatable bonds is 21. The fourth-order valence-electron chi connectivity index (χ4n) is 9.15. The minimum absolute atomic E-state index is 0.0265. The molecule has 1 fully saturated rings. The van der Waals surface area contributed by atoms with Gasteiger partial charge in [0, 0.05) is 22.9 Å². The number of fused-ring (bicyclic) bond motifs is 3. The number of alkyl halides is 3. The number of alkyl carbamates (subject to hydrolysis) is 1. The topological polar surface area (TPSA) is 186 Å². The maximum atomic E-state index is 14.8. The van der Waals surface area contributed by atoms with Crippen LogP contribution in [0.4, 0.5) is 14.4 Å². The Morgan fingerprint density at radius 3 is 1.66 bits per heavy atom. The molecule has 0 radical (unpaired) electrons. The first-order chi connectivity index (χ1) is 36.2. The van der Waals surface area contributed by atoms with Crippen LogP contribution in [0.1, 0.15) is 102 Å². The van der Waals surface area contributed by atoms with Gasteiger partial charge in [0.25, 0.3) is 0 Å². The summed E-state index contributed by atoms with van der Waals surface area (Å²) in [6.07, 6.45) is -5.73. The van der Waals surface area contributed by atoms with Crippen molar-refractivity contribution in [1.29, 1.82) is 0 Å². The lowest BCUT2D eigenvalue weighted by Gasteiger charge is -2.45. The number of halogens is 3. The molecule has 2 aliphatic rings. The van der Waals surface area contributed by atoms with Gasteiger partial charge < -0.3 is 38.5 Å². The van der Waals surface area contributed by atoms with Gasteiger partial charge in [-0.1, -0.05) is 159 Å². The molecule has 410 valence electrons. The minimum Gasteiger partial charge on any atom is -0.459 e. The van der Waals surface area contributed by atoms with Gasteiger partial charge in [0.15, 0.2) is 12.2 Å². The van der Waals surface area contributed by atoms with E-state index in [1.807, 2.05) is 76.2 Å². The highest BCUT2D eigenvalue weighted by Crippen LogP contribution is 2.45. The van der Waals surface area contributed by atoms with Crippen LogP contribution in [0.15, 0.2) is 114 Å². The third-order valence-corrected chi connectivity index (χ3v) is 14.3. The number of hydrogen-bond acceptors (Lipinski definition) is 14. The monoisotopic (exact) mass is 1130 g/mol. The first-order valence-corrected chi connectivity index (χ1v) is 27.3. The third kappa shape index (κ3) is 16.4. The summed E-state index contributed by atoms with van der Waals surface area (Å²) < 4.78 is 40.3. The molecule has 0 spiro atoms. The van der Waals surface area contributed by atoms with Crippen molar-refractivity contribution in [2.24, 2.45) is 0 Å². The largest absolute Gasteiger partial charge is 0.459 e. The van der Waals surface area contributed by atoms with Crippen LogP contribution < -0.4 is 5.32 Å². The molecule has 5 atom stereocenters. The van der Waals surface area contributed by atoms with E-state index in [0.29, 0.717) is 30.6 Å². The summed E-state index contributed by atoms with van der Waals surface area (Å²) in [7, 11) is 0. The molecule has 0 aromatic heterocycles. The van der Waals surface area contributed by atoms with Crippen molar-refractivity contribution in [3.8, 4) is 11.1 Å². The zero-order valence-electron chi connectivity index (χ0n) is 43.6. The molecule has 1 saturated heterocycles. The Morgan fingerprint density at radius 2 is 1.13 bits per heavy atom. The van der Waals surface area contributed by atoms with Gasteiger partial charge in [-0.15, -0.1) is 0 Å². The van der Waals surface area contributed by atoms with Crippen LogP contribution in [0.2, 0.25) is 0 Å². The molecule has 4 aromatic carbocycles. The van der Waals surface area contributed by atoms with Gasteiger partial charge in [0.1, 0.15) is 56.1 Å². The highest BCUT2D eigenvalue weighted by atomic mass is 35.6. The Kier molecular flexibility index (Phi) is 21.6. The zero-order chi connectivity index (χ0) is 55.2.